The molecule has 0 spiro atoms. The van der Waals surface area contributed by atoms with Gasteiger partial charge in [0.15, 0.2) is 0 Å². The molecule has 0 bridgehead atoms. The van der Waals surface area contributed by atoms with Crippen LogP contribution >= 0.6 is 0 Å². The van der Waals surface area contributed by atoms with Crippen molar-refractivity contribution in [1.29, 1.82) is 0 Å². The fraction of sp³-hybridized carbons (Fsp3) is 0.353. The Morgan fingerprint density at radius 2 is 1.85 bits per heavy atom. The lowest BCUT2D eigenvalue weighted by atomic mass is 9.89. The fourth-order valence-electron chi connectivity index (χ4n) is 3.57. The third-order valence-corrected chi connectivity index (χ3v) is 5.73. The van der Waals surface area contributed by atoms with Crippen molar-refractivity contribution in [3.63, 3.8) is 0 Å². The quantitative estimate of drug-likeness (QED) is 0.853. The minimum atomic E-state index is -3.94. The number of aromatic nitrogens is 1. The number of hydrogen-bond donors (Lipinski definition) is 2. The van der Waals surface area contributed by atoms with E-state index in [4.69, 9.17) is 5.14 Å². The second-order valence-electron chi connectivity index (χ2n) is 6.50. The maximum Gasteiger partial charge on any atom is 0.302 e. The first-order valence-electron chi connectivity index (χ1n) is 8.53. The van der Waals surface area contributed by atoms with Crippen LogP contribution in [0.2, 0.25) is 0 Å². The highest BCUT2D eigenvalue weighted by atomic mass is 32.2. The van der Waals surface area contributed by atoms with Crippen LogP contribution in [0.3, 0.4) is 0 Å². The Hall–Kier alpha value is -2.36. The highest BCUT2D eigenvalue weighted by Crippen LogP contribution is 2.31. The van der Waals surface area contributed by atoms with Crippen molar-refractivity contribution in [3.05, 3.63) is 47.8 Å². The van der Waals surface area contributed by atoms with E-state index in [-0.39, 0.29) is 6.54 Å². The Bertz CT molecular complexity index is 969. The van der Waals surface area contributed by atoms with Crippen LogP contribution in [-0.4, -0.2) is 37.7 Å². The Balaban J connectivity index is 1.72. The average Bonchev–Trinajstić information content (AvgIpc) is 3.31. The van der Waals surface area contributed by atoms with Crippen LogP contribution in [-0.2, 0) is 10.2 Å². The lowest BCUT2D eigenvalue weighted by molar-refractivity contribution is 0.460. The van der Waals surface area contributed by atoms with Crippen LogP contribution in [0.1, 0.15) is 30.0 Å². The molecular weight excluding hydrogens is 352 g/mol. The lowest BCUT2D eigenvalue weighted by Crippen LogP contribution is -2.26. The van der Waals surface area contributed by atoms with Crippen LogP contribution in [0, 0.1) is 0 Å². The molecule has 0 saturated carbocycles. The number of nitrogens with zero attached hydrogens (tertiary/aromatic N) is 4. The predicted octanol–water partition coefficient (Wildman–Crippen LogP) is 1.84. The van der Waals surface area contributed by atoms with Gasteiger partial charge in [0, 0.05) is 11.8 Å². The molecule has 2 aromatic rings. The maximum atomic E-state index is 11.9. The van der Waals surface area contributed by atoms with Crippen LogP contribution in [0.5, 0.6) is 0 Å². The maximum absolute atomic E-state index is 11.9. The molecular formula is C17H20N6O2S. The molecule has 0 atom stereocenters. The van der Waals surface area contributed by atoms with Crippen molar-refractivity contribution in [2.45, 2.75) is 18.8 Å². The number of piperidine rings is 1. The molecule has 136 valence electrons. The average molecular weight is 372 g/mol. The molecule has 26 heavy (non-hydrogen) atoms. The monoisotopic (exact) mass is 372 g/mol. The van der Waals surface area contributed by atoms with Crippen LogP contribution in [0.4, 0.5) is 0 Å². The molecule has 0 radical (unpaired) electrons. The van der Waals surface area contributed by atoms with E-state index < -0.39 is 10.2 Å². The van der Waals surface area contributed by atoms with Gasteiger partial charge in [-0.05, 0) is 54.3 Å². The lowest BCUT2D eigenvalue weighted by Gasteiger charge is -2.23. The number of rotatable bonds is 4. The van der Waals surface area contributed by atoms with Crippen LogP contribution in [0.15, 0.2) is 52.0 Å². The molecule has 4 rings (SSSR count). The van der Waals surface area contributed by atoms with E-state index >= 15 is 0 Å². The largest absolute Gasteiger partial charge is 0.317 e. The van der Waals surface area contributed by atoms with Crippen molar-refractivity contribution < 1.29 is 8.42 Å². The summed E-state index contributed by atoms with van der Waals surface area (Å²) in [5.74, 6) is 0.565. The molecule has 9 heteroatoms. The summed E-state index contributed by atoms with van der Waals surface area (Å²) in [7, 11) is -3.94. The smallest absolute Gasteiger partial charge is 0.302 e. The topological polar surface area (TPSA) is 114 Å². The molecule has 0 unspecified atom stereocenters. The number of hydrogen-bond acceptors (Lipinski definition) is 6. The standard InChI is InChI=1S/C17H20N6O2S/c18-26(24,25)23-10-7-15(17(23)16-11-20-22-21-16)14-3-1-12(2-4-14)13-5-8-19-9-6-13/h1-4,7,10,13,19H,5-6,8-9,11H2,(H2,18,24,25). The minimum Gasteiger partial charge on any atom is -0.317 e. The summed E-state index contributed by atoms with van der Waals surface area (Å²) in [6, 6.07) is 10.0. The van der Waals surface area contributed by atoms with Gasteiger partial charge in [-0.25, -0.2) is 9.11 Å². The van der Waals surface area contributed by atoms with Crippen molar-refractivity contribution in [2.75, 3.05) is 19.6 Å². The zero-order valence-electron chi connectivity index (χ0n) is 14.2. The van der Waals surface area contributed by atoms with Crippen LogP contribution < -0.4 is 10.5 Å². The second kappa shape index (κ2) is 6.75. The van der Waals surface area contributed by atoms with Gasteiger partial charge in [-0.3, -0.25) is 0 Å². The molecule has 2 aliphatic rings. The highest BCUT2D eigenvalue weighted by molar-refractivity contribution is 7.87. The first-order chi connectivity index (χ1) is 12.5. The number of nitrogens with one attached hydrogen (secondary N) is 1. The fourth-order valence-corrected chi connectivity index (χ4v) is 4.26. The summed E-state index contributed by atoms with van der Waals surface area (Å²) in [6.45, 7) is 2.32. The summed E-state index contributed by atoms with van der Waals surface area (Å²) < 4.78 is 24.9. The van der Waals surface area contributed by atoms with E-state index in [0.717, 1.165) is 41.0 Å². The minimum absolute atomic E-state index is 0.236. The molecule has 1 saturated heterocycles. The van der Waals surface area contributed by atoms with Gasteiger partial charge in [0.25, 0.3) is 0 Å². The SMILES string of the molecule is NS(=O)(=O)n1ccc(-c2ccc(C3CCNCC3)cc2)c1C1=NN=NC1. The van der Waals surface area contributed by atoms with Gasteiger partial charge in [0.05, 0.1) is 5.69 Å². The summed E-state index contributed by atoms with van der Waals surface area (Å²) in [5.41, 5.74) is 3.89. The molecule has 2 aliphatic heterocycles. The number of nitrogens with two attached hydrogens (primary N) is 1. The molecule has 0 amide bonds. The van der Waals surface area contributed by atoms with Crippen molar-refractivity contribution in [3.8, 4) is 11.1 Å². The van der Waals surface area contributed by atoms with Crippen molar-refractivity contribution in [1.82, 2.24) is 9.29 Å². The second-order valence-corrected chi connectivity index (χ2v) is 7.92. The summed E-state index contributed by atoms with van der Waals surface area (Å²) >= 11 is 0. The van der Waals surface area contributed by atoms with Gasteiger partial charge in [-0.15, -0.1) is 5.10 Å². The zero-order chi connectivity index (χ0) is 18.1. The third kappa shape index (κ3) is 3.20. The van der Waals surface area contributed by atoms with Crippen molar-refractivity contribution >= 4 is 15.9 Å². The third-order valence-electron chi connectivity index (χ3n) is 4.88. The normalized spacial score (nSPS) is 18.3. The Kier molecular flexibility index (Phi) is 4.43. The Morgan fingerprint density at radius 1 is 1.12 bits per heavy atom. The molecule has 3 heterocycles. The number of benzene rings is 1. The molecule has 1 fully saturated rings. The molecule has 1 aromatic carbocycles. The van der Waals surface area contributed by atoms with Crippen LogP contribution in [0.25, 0.3) is 11.1 Å². The van der Waals surface area contributed by atoms with Gasteiger partial charge < -0.3 is 5.32 Å². The van der Waals surface area contributed by atoms with E-state index in [0.29, 0.717) is 17.3 Å². The Labute approximate surface area is 152 Å². The van der Waals surface area contributed by atoms with E-state index in [1.54, 1.807) is 6.07 Å². The van der Waals surface area contributed by atoms with E-state index in [9.17, 15) is 8.42 Å². The summed E-state index contributed by atoms with van der Waals surface area (Å²) in [6.07, 6.45) is 3.71. The van der Waals surface area contributed by atoms with Gasteiger partial charge in [-0.2, -0.15) is 13.5 Å². The summed E-state index contributed by atoms with van der Waals surface area (Å²) in [4.78, 5) is 0. The summed E-state index contributed by atoms with van der Waals surface area (Å²) in [5, 5.41) is 20.1. The van der Waals surface area contributed by atoms with Gasteiger partial charge >= 0.3 is 10.2 Å². The van der Waals surface area contributed by atoms with E-state index in [1.807, 2.05) is 12.1 Å². The first kappa shape index (κ1) is 17.1. The predicted molar refractivity (Wildman–Crippen MR) is 99.5 cm³/mol. The molecule has 0 aliphatic carbocycles. The molecule has 3 N–H and O–H groups in total. The first-order valence-corrected chi connectivity index (χ1v) is 10.0. The molecule has 1 aromatic heterocycles. The highest BCUT2D eigenvalue weighted by Gasteiger charge is 2.23. The molecule has 8 nitrogen and oxygen atoms in total. The van der Waals surface area contributed by atoms with Gasteiger partial charge in [-0.1, -0.05) is 24.3 Å². The van der Waals surface area contributed by atoms with Gasteiger partial charge in [0.2, 0.25) is 0 Å². The Morgan fingerprint density at radius 3 is 2.46 bits per heavy atom. The zero-order valence-corrected chi connectivity index (χ0v) is 15.0. The van der Waals surface area contributed by atoms with E-state index in [2.05, 4.69) is 32.9 Å². The van der Waals surface area contributed by atoms with E-state index in [1.165, 1.54) is 11.8 Å². The van der Waals surface area contributed by atoms with Gasteiger partial charge in [0.1, 0.15) is 12.3 Å². The van der Waals surface area contributed by atoms with Crippen molar-refractivity contribution in [2.24, 2.45) is 20.6 Å².